The Morgan fingerprint density at radius 3 is 1.87 bits per heavy atom. The molecule has 2 heterocycles. The summed E-state index contributed by atoms with van der Waals surface area (Å²) in [7, 11) is -29.8. The van der Waals surface area contributed by atoms with Crippen LogP contribution in [0.3, 0.4) is 0 Å². The van der Waals surface area contributed by atoms with Crippen LogP contribution in [0, 0.1) is 0 Å². The lowest BCUT2D eigenvalue weighted by Gasteiger charge is -2.31. The van der Waals surface area contributed by atoms with E-state index in [1.807, 2.05) is 0 Å². The third-order valence-electron chi connectivity index (χ3n) is 12.1. The maximum Gasteiger partial charge on any atom is 0.303 e. The molecule has 2 unspecified atom stereocenters. The maximum absolute atomic E-state index is 12.8. The molecule has 0 saturated heterocycles. The highest BCUT2D eigenvalue weighted by Crippen LogP contribution is 2.54. The molecular weight excluding hydrogens is 1040 g/mol. The number of hydrogen-bond acceptors (Lipinski definition) is 16. The smallest absolute Gasteiger partial charge is 0.303 e. The van der Waals surface area contributed by atoms with Gasteiger partial charge < -0.3 is 19.1 Å². The Balaban J connectivity index is 1.57. The maximum atomic E-state index is 12.8. The lowest BCUT2D eigenvalue weighted by atomic mass is 9.75. The fraction of sp³-hybridized carbons (Fsp3) is 0.333. The van der Waals surface area contributed by atoms with Crippen LogP contribution in [-0.2, 0) is 76.3 Å². The van der Waals surface area contributed by atoms with Crippen LogP contribution in [0.1, 0.15) is 57.1 Å². The summed E-state index contributed by atoms with van der Waals surface area (Å²) in [5.74, 6) is -3.99. The second-order valence-corrected chi connectivity index (χ2v) is 25.8. The van der Waals surface area contributed by atoms with Crippen LogP contribution in [0.5, 0.6) is 0 Å². The van der Waals surface area contributed by atoms with Gasteiger partial charge in [0, 0.05) is 70.8 Å². The molecule has 0 amide bonds. The highest BCUT2D eigenvalue weighted by atomic mass is 32.2. The zero-order valence-corrected chi connectivity index (χ0v) is 41.8. The van der Waals surface area contributed by atoms with E-state index in [9.17, 15) is 87.7 Å². The number of carbonyl (C=O) groups is 1. The van der Waals surface area contributed by atoms with E-state index in [0.29, 0.717) is 33.8 Å². The normalized spacial score (nSPS) is 19.9. The van der Waals surface area contributed by atoms with Crippen molar-refractivity contribution in [3.63, 3.8) is 0 Å². The summed E-state index contributed by atoms with van der Waals surface area (Å²) in [5, 5.41) is 9.76. The van der Waals surface area contributed by atoms with Crippen LogP contribution < -0.4 is 4.90 Å². The standard InChI is InChI=1S/C42H46N2O20S6/c1-41(18-6-11-38(45)46)36(43(19-7-21-65(47,48)49)33-16-13-27-12-14-28(68(56,57)58)23-31(27)39(33)41)9-4-3-5-10-37-42(2,26-67(53,54)55)40-32-24-29(69(59,60)61)25-35(70(62,63)64)30(32)15-17-34(40)44(37)20-8-22-66(50,51)52/h3-5,9-10,12-17,23-25H,6-8,11,18-22,26H2,1-2H3,(H6-,45,46,47,48,49,50,51,52,53,54,55,56,57,58,59,60,61,62,63,64)/p-1. The first kappa shape index (κ1) is 54.4. The molecule has 0 spiro atoms. The molecule has 0 radical (unpaired) electrons. The zero-order chi connectivity index (χ0) is 52.2. The summed E-state index contributed by atoms with van der Waals surface area (Å²) in [6.45, 7) is 2.58. The predicted octanol–water partition coefficient (Wildman–Crippen LogP) is 3.88. The van der Waals surface area contributed by atoms with Crippen molar-refractivity contribution in [2.75, 3.05) is 35.2 Å². The molecule has 70 heavy (non-hydrogen) atoms. The summed E-state index contributed by atoms with van der Waals surface area (Å²) in [5.41, 5.74) is -2.01. The third kappa shape index (κ3) is 11.9. The van der Waals surface area contributed by atoms with Crippen LogP contribution in [0.15, 0.2) is 105 Å². The first-order chi connectivity index (χ1) is 32.1. The Bertz CT molecular complexity index is 3680. The minimum absolute atomic E-state index is 0.0161. The largest absolute Gasteiger partial charge is 0.748 e. The van der Waals surface area contributed by atoms with E-state index in [0.717, 1.165) is 12.1 Å². The van der Waals surface area contributed by atoms with Crippen molar-refractivity contribution in [2.24, 2.45) is 0 Å². The zero-order valence-electron chi connectivity index (χ0n) is 36.9. The van der Waals surface area contributed by atoms with Gasteiger partial charge in [0.15, 0.2) is 5.71 Å². The second kappa shape index (κ2) is 19.2. The lowest BCUT2D eigenvalue weighted by Crippen LogP contribution is -2.38. The minimum Gasteiger partial charge on any atom is -0.748 e. The fourth-order valence-corrected chi connectivity index (χ4v) is 13.3. The van der Waals surface area contributed by atoms with E-state index in [2.05, 4.69) is 0 Å². The molecule has 6 rings (SSSR count). The molecule has 380 valence electrons. The number of nitrogens with zero attached hydrogens (tertiary/aromatic N) is 2. The van der Waals surface area contributed by atoms with Gasteiger partial charge in [0.25, 0.3) is 40.5 Å². The molecule has 28 heteroatoms. The highest BCUT2D eigenvalue weighted by molar-refractivity contribution is 7.87. The summed E-state index contributed by atoms with van der Waals surface area (Å²) in [4.78, 5) is 10.9. The first-order valence-electron chi connectivity index (χ1n) is 20.7. The Kier molecular flexibility index (Phi) is 14.9. The number of hydrogen-bond donors (Lipinski definition) is 5. The molecule has 0 bridgehead atoms. The van der Waals surface area contributed by atoms with Gasteiger partial charge in [0.2, 0.25) is 5.69 Å². The van der Waals surface area contributed by atoms with E-state index in [-0.39, 0.29) is 72.9 Å². The van der Waals surface area contributed by atoms with Crippen LogP contribution in [0.2, 0.25) is 0 Å². The molecule has 0 fully saturated rings. The number of allylic oxidation sites excluding steroid dienone is 6. The van der Waals surface area contributed by atoms with E-state index < -0.39 is 109 Å². The SMILES string of the molecule is CC1(CS(=O)(=O)O)C(/C=C/C=C/C=C2/N(CCCS(=O)(=O)[O-])c3ccc4ccc(S(=O)(=O)O)cc4c3C2(C)CCCC(=O)O)=[N+](CCCS(=O)(=O)[O-])c2ccc3c(S(=O)(=O)O)cc(S(=O)(=O)O)cc3c21. The van der Waals surface area contributed by atoms with Gasteiger partial charge in [-0.3, -0.25) is 23.0 Å². The number of anilines is 1. The van der Waals surface area contributed by atoms with Crippen molar-refractivity contribution >= 4 is 105 Å². The van der Waals surface area contributed by atoms with Crippen LogP contribution >= 0.6 is 0 Å². The van der Waals surface area contributed by atoms with E-state index in [1.54, 1.807) is 30.0 Å². The molecule has 2 aliphatic heterocycles. The van der Waals surface area contributed by atoms with Gasteiger partial charge in [-0.05, 0) is 97.3 Å². The monoisotopic (exact) mass is 1090 g/mol. The number of aliphatic carboxylic acids is 1. The third-order valence-corrected chi connectivity index (χ3v) is 17.2. The van der Waals surface area contributed by atoms with Crippen molar-refractivity contribution in [2.45, 2.75) is 71.5 Å². The Hall–Kier alpha value is -4.98. The highest BCUT2D eigenvalue weighted by Gasteiger charge is 2.52. The Morgan fingerprint density at radius 1 is 0.671 bits per heavy atom. The summed E-state index contributed by atoms with van der Waals surface area (Å²) < 4.78 is 212. The first-order valence-corrected chi connectivity index (χ1v) is 29.8. The van der Waals surface area contributed by atoms with Crippen molar-refractivity contribution in [1.82, 2.24) is 0 Å². The van der Waals surface area contributed by atoms with Gasteiger partial charge in [-0.2, -0.15) is 38.2 Å². The van der Waals surface area contributed by atoms with Crippen molar-refractivity contribution < 1.29 is 92.3 Å². The topological polar surface area (TPSA) is 375 Å². The molecule has 22 nitrogen and oxygen atoms in total. The molecule has 0 saturated carbocycles. The molecular formula is C42H45N2O20S6-. The lowest BCUT2D eigenvalue weighted by molar-refractivity contribution is -0.437. The van der Waals surface area contributed by atoms with Crippen molar-refractivity contribution in [3.8, 4) is 0 Å². The van der Waals surface area contributed by atoms with Gasteiger partial charge in [0.1, 0.15) is 16.9 Å². The molecule has 0 aliphatic carbocycles. The fourth-order valence-electron chi connectivity index (χ4n) is 9.44. The Morgan fingerprint density at radius 2 is 1.29 bits per heavy atom. The molecule has 4 aromatic rings. The Labute approximate surface area is 403 Å². The number of benzene rings is 4. The van der Waals surface area contributed by atoms with Gasteiger partial charge >= 0.3 is 5.97 Å². The van der Waals surface area contributed by atoms with E-state index >= 15 is 0 Å². The van der Waals surface area contributed by atoms with Gasteiger partial charge in [-0.25, -0.2) is 16.8 Å². The van der Waals surface area contributed by atoms with Gasteiger partial charge in [-0.15, -0.1) is 0 Å². The average Bonchev–Trinajstić information content (AvgIpc) is 3.57. The molecule has 4 aromatic carbocycles. The average molecular weight is 1090 g/mol. The summed E-state index contributed by atoms with van der Waals surface area (Å²) in [6, 6.07) is 10.9. The molecule has 5 N–H and O–H groups in total. The van der Waals surface area contributed by atoms with Gasteiger partial charge in [0.05, 0.1) is 35.8 Å². The quantitative estimate of drug-likeness (QED) is 0.0476. The molecule has 0 aromatic heterocycles. The summed E-state index contributed by atoms with van der Waals surface area (Å²) >= 11 is 0. The predicted molar refractivity (Wildman–Crippen MR) is 252 cm³/mol. The van der Waals surface area contributed by atoms with Crippen LogP contribution in [0.25, 0.3) is 21.5 Å². The molecule has 2 atom stereocenters. The molecule has 2 aliphatic rings. The van der Waals surface area contributed by atoms with Crippen molar-refractivity contribution in [3.05, 3.63) is 102 Å². The number of fused-ring (bicyclic) bond motifs is 6. The number of carboxylic acids is 1. The van der Waals surface area contributed by atoms with Crippen molar-refractivity contribution in [1.29, 1.82) is 0 Å². The van der Waals surface area contributed by atoms with E-state index in [1.165, 1.54) is 60.1 Å². The van der Waals surface area contributed by atoms with E-state index in [4.69, 9.17) is 0 Å². The number of rotatable bonds is 20. The summed E-state index contributed by atoms with van der Waals surface area (Å²) in [6.07, 6.45) is 6.46. The van der Waals surface area contributed by atoms with Gasteiger partial charge in [-0.1, -0.05) is 30.4 Å². The van der Waals surface area contributed by atoms with Crippen LogP contribution in [-0.4, -0.2) is 130 Å². The second-order valence-electron chi connectivity index (χ2n) is 17.1. The van der Waals surface area contributed by atoms with Crippen LogP contribution in [0.4, 0.5) is 11.4 Å². The minimum atomic E-state index is -5.26. The number of carboxylic acid groups (broad SMARTS) is 1.